The summed E-state index contributed by atoms with van der Waals surface area (Å²) in [6.07, 6.45) is 0.856. The topological polar surface area (TPSA) is 80.4 Å². The van der Waals surface area contributed by atoms with Gasteiger partial charge in [-0.1, -0.05) is 0 Å². The van der Waals surface area contributed by atoms with Gasteiger partial charge in [-0.05, 0) is 25.5 Å². The Morgan fingerprint density at radius 3 is 3.00 bits per heavy atom. The summed E-state index contributed by atoms with van der Waals surface area (Å²) < 4.78 is 5.13. The Bertz CT molecular complexity index is 318. The Labute approximate surface area is 95.6 Å². The van der Waals surface area contributed by atoms with Crippen LogP contribution >= 0.6 is 0 Å². The van der Waals surface area contributed by atoms with Crippen molar-refractivity contribution in [2.75, 3.05) is 37.4 Å². The molecule has 16 heavy (non-hydrogen) atoms. The first-order valence-electron chi connectivity index (χ1n) is 5.39. The van der Waals surface area contributed by atoms with Crippen molar-refractivity contribution in [3.05, 3.63) is 17.8 Å². The van der Waals surface area contributed by atoms with E-state index in [9.17, 15) is 0 Å². The summed E-state index contributed by atoms with van der Waals surface area (Å²) in [5.74, 6) is 0.724. The number of ether oxygens (including phenoxy) is 1. The van der Waals surface area contributed by atoms with Gasteiger partial charge in [0.1, 0.15) is 5.82 Å². The molecule has 5 nitrogen and oxygen atoms in total. The zero-order valence-electron chi connectivity index (χ0n) is 9.57. The molecule has 0 unspecified atom stereocenters. The highest BCUT2D eigenvalue weighted by Crippen LogP contribution is 2.14. The molecule has 4 N–H and O–H groups in total. The van der Waals surface area contributed by atoms with Gasteiger partial charge in [0.05, 0.1) is 18.9 Å². The van der Waals surface area contributed by atoms with Crippen LogP contribution in [0.3, 0.4) is 0 Å². The standard InChI is InChI=1S/C11H19N3O2/c1-9-3-4-10(12)11(14-9)13-5-2-7-16-8-6-15/h3-4,15H,2,5-8,12H2,1H3,(H,13,14). The second-order valence-electron chi connectivity index (χ2n) is 3.51. The van der Waals surface area contributed by atoms with Crippen molar-refractivity contribution in [3.63, 3.8) is 0 Å². The lowest BCUT2D eigenvalue weighted by Gasteiger charge is -2.08. The normalized spacial score (nSPS) is 10.4. The Kier molecular flexibility index (Phi) is 5.60. The van der Waals surface area contributed by atoms with Crippen LogP contribution < -0.4 is 11.1 Å². The van der Waals surface area contributed by atoms with E-state index < -0.39 is 0 Å². The van der Waals surface area contributed by atoms with Crippen molar-refractivity contribution in [1.29, 1.82) is 0 Å². The maximum atomic E-state index is 8.50. The molecule has 0 amide bonds. The summed E-state index contributed by atoms with van der Waals surface area (Å²) in [4.78, 5) is 4.29. The number of nitrogens with two attached hydrogens (primary N) is 1. The summed E-state index contributed by atoms with van der Waals surface area (Å²) in [6.45, 7) is 3.77. The zero-order valence-corrected chi connectivity index (χ0v) is 9.57. The quantitative estimate of drug-likeness (QED) is 0.598. The Hall–Kier alpha value is -1.33. The SMILES string of the molecule is Cc1ccc(N)c(NCCCOCCO)n1. The minimum Gasteiger partial charge on any atom is -0.396 e. The van der Waals surface area contributed by atoms with Crippen molar-refractivity contribution in [2.24, 2.45) is 0 Å². The first-order valence-corrected chi connectivity index (χ1v) is 5.39. The molecule has 0 spiro atoms. The fourth-order valence-corrected chi connectivity index (χ4v) is 1.26. The third kappa shape index (κ3) is 4.46. The van der Waals surface area contributed by atoms with E-state index in [1.807, 2.05) is 19.1 Å². The molecule has 0 radical (unpaired) electrons. The second-order valence-corrected chi connectivity index (χ2v) is 3.51. The van der Waals surface area contributed by atoms with Crippen LogP contribution in [-0.4, -0.2) is 36.5 Å². The van der Waals surface area contributed by atoms with E-state index in [4.69, 9.17) is 15.6 Å². The van der Waals surface area contributed by atoms with Crippen molar-refractivity contribution in [2.45, 2.75) is 13.3 Å². The van der Waals surface area contributed by atoms with Gasteiger partial charge in [0.2, 0.25) is 0 Å². The van der Waals surface area contributed by atoms with Gasteiger partial charge in [-0.25, -0.2) is 4.98 Å². The number of rotatable bonds is 7. The number of aliphatic hydroxyl groups excluding tert-OH is 1. The minimum absolute atomic E-state index is 0.0693. The third-order valence-electron chi connectivity index (χ3n) is 2.06. The molecule has 0 aliphatic carbocycles. The molecule has 0 aliphatic rings. The highest BCUT2D eigenvalue weighted by atomic mass is 16.5. The number of aryl methyl sites for hydroxylation is 1. The van der Waals surface area contributed by atoms with E-state index in [2.05, 4.69) is 10.3 Å². The Morgan fingerprint density at radius 1 is 1.44 bits per heavy atom. The molecule has 1 aromatic heterocycles. The van der Waals surface area contributed by atoms with Crippen LogP contribution in [0.5, 0.6) is 0 Å². The molecule has 0 aromatic carbocycles. The molecule has 1 aromatic rings. The highest BCUT2D eigenvalue weighted by molar-refractivity contribution is 5.61. The van der Waals surface area contributed by atoms with E-state index in [-0.39, 0.29) is 6.61 Å². The lowest BCUT2D eigenvalue weighted by molar-refractivity contribution is 0.0922. The summed E-state index contributed by atoms with van der Waals surface area (Å²) >= 11 is 0. The molecule has 1 rings (SSSR count). The second kappa shape index (κ2) is 7.03. The fourth-order valence-electron chi connectivity index (χ4n) is 1.26. The van der Waals surface area contributed by atoms with Crippen molar-refractivity contribution < 1.29 is 9.84 Å². The molecule has 0 atom stereocenters. The number of hydrogen-bond donors (Lipinski definition) is 3. The average molecular weight is 225 g/mol. The van der Waals surface area contributed by atoms with Gasteiger partial charge in [0.25, 0.3) is 0 Å². The number of aromatic nitrogens is 1. The number of nitrogens with zero attached hydrogens (tertiary/aromatic N) is 1. The van der Waals surface area contributed by atoms with E-state index in [1.165, 1.54) is 0 Å². The van der Waals surface area contributed by atoms with Crippen LogP contribution in [0, 0.1) is 6.92 Å². The smallest absolute Gasteiger partial charge is 0.149 e. The van der Waals surface area contributed by atoms with Crippen LogP contribution in [0.4, 0.5) is 11.5 Å². The van der Waals surface area contributed by atoms with Crippen molar-refractivity contribution in [3.8, 4) is 0 Å². The highest BCUT2D eigenvalue weighted by Gasteiger charge is 1.99. The van der Waals surface area contributed by atoms with E-state index in [0.717, 1.165) is 24.5 Å². The molecule has 0 fully saturated rings. The molecular formula is C11H19N3O2. The van der Waals surface area contributed by atoms with E-state index in [0.29, 0.717) is 18.9 Å². The number of hydrogen-bond acceptors (Lipinski definition) is 5. The van der Waals surface area contributed by atoms with Crippen LogP contribution in [-0.2, 0) is 4.74 Å². The first kappa shape index (κ1) is 12.7. The molecular weight excluding hydrogens is 206 g/mol. The number of nitrogen functional groups attached to an aromatic ring is 1. The summed E-state index contributed by atoms with van der Waals surface area (Å²) in [6, 6.07) is 3.72. The van der Waals surface area contributed by atoms with E-state index in [1.54, 1.807) is 0 Å². The molecule has 0 saturated heterocycles. The number of anilines is 2. The largest absolute Gasteiger partial charge is 0.396 e. The van der Waals surface area contributed by atoms with Gasteiger partial charge in [0.15, 0.2) is 0 Å². The molecule has 0 bridgehead atoms. The monoisotopic (exact) mass is 225 g/mol. The van der Waals surface area contributed by atoms with Gasteiger partial charge in [-0.3, -0.25) is 0 Å². The van der Waals surface area contributed by atoms with Crippen LogP contribution in [0.2, 0.25) is 0 Å². The predicted octanol–water partition coefficient (Wildman–Crippen LogP) is 0.783. The number of aliphatic hydroxyl groups is 1. The Balaban J connectivity index is 2.23. The predicted molar refractivity (Wildman–Crippen MR) is 64.4 cm³/mol. The van der Waals surface area contributed by atoms with Gasteiger partial charge >= 0.3 is 0 Å². The maximum absolute atomic E-state index is 8.50. The van der Waals surface area contributed by atoms with Crippen molar-refractivity contribution in [1.82, 2.24) is 4.98 Å². The average Bonchev–Trinajstić information content (AvgIpc) is 2.28. The van der Waals surface area contributed by atoms with Crippen LogP contribution in [0.1, 0.15) is 12.1 Å². The van der Waals surface area contributed by atoms with Gasteiger partial charge in [-0.15, -0.1) is 0 Å². The summed E-state index contributed by atoms with van der Waals surface area (Å²) in [7, 11) is 0. The molecule has 1 heterocycles. The maximum Gasteiger partial charge on any atom is 0.149 e. The molecule has 90 valence electrons. The molecule has 0 saturated carbocycles. The Morgan fingerprint density at radius 2 is 2.25 bits per heavy atom. The minimum atomic E-state index is 0.0693. The van der Waals surface area contributed by atoms with Crippen LogP contribution in [0.25, 0.3) is 0 Å². The van der Waals surface area contributed by atoms with Crippen molar-refractivity contribution >= 4 is 11.5 Å². The van der Waals surface area contributed by atoms with Crippen LogP contribution in [0.15, 0.2) is 12.1 Å². The fraction of sp³-hybridized carbons (Fsp3) is 0.545. The summed E-state index contributed by atoms with van der Waals surface area (Å²) in [5.41, 5.74) is 7.36. The zero-order chi connectivity index (χ0) is 11.8. The summed E-state index contributed by atoms with van der Waals surface area (Å²) in [5, 5.41) is 11.7. The van der Waals surface area contributed by atoms with Gasteiger partial charge in [0, 0.05) is 18.8 Å². The molecule has 5 heteroatoms. The van der Waals surface area contributed by atoms with Gasteiger partial charge in [-0.2, -0.15) is 0 Å². The number of nitrogens with one attached hydrogen (secondary N) is 1. The lowest BCUT2D eigenvalue weighted by Crippen LogP contribution is -2.10. The lowest BCUT2D eigenvalue weighted by atomic mass is 10.3. The molecule has 0 aliphatic heterocycles. The first-order chi connectivity index (χ1) is 7.74. The van der Waals surface area contributed by atoms with Gasteiger partial charge < -0.3 is 20.9 Å². The van der Waals surface area contributed by atoms with E-state index >= 15 is 0 Å². The number of pyridine rings is 1. The third-order valence-corrected chi connectivity index (χ3v) is 2.06.